The van der Waals surface area contributed by atoms with Gasteiger partial charge in [-0.3, -0.25) is 9.78 Å². The number of pyridine rings is 2. The van der Waals surface area contributed by atoms with E-state index in [0.717, 1.165) is 10.0 Å². The summed E-state index contributed by atoms with van der Waals surface area (Å²) in [5.41, 5.74) is 0.956. The number of anilines is 1. The Hall–Kier alpha value is -3.65. The zero-order chi connectivity index (χ0) is 21.5. The van der Waals surface area contributed by atoms with E-state index in [4.69, 9.17) is 13.9 Å². The Kier molecular flexibility index (Phi) is 6.59. The molecule has 8 heteroatoms. The molecule has 1 amide bonds. The molecule has 0 aliphatic carbocycles. The minimum absolute atomic E-state index is 0.153. The Labute approximate surface area is 187 Å². The van der Waals surface area contributed by atoms with Crippen molar-refractivity contribution < 1.29 is 18.7 Å². The maximum absolute atomic E-state index is 12.6. The van der Waals surface area contributed by atoms with Gasteiger partial charge in [0.25, 0.3) is 5.91 Å². The number of furan rings is 1. The summed E-state index contributed by atoms with van der Waals surface area (Å²) in [4.78, 5) is 20.8. The topological polar surface area (TPSA) is 86.5 Å². The zero-order valence-electron chi connectivity index (χ0n) is 16.3. The average molecular weight is 480 g/mol. The van der Waals surface area contributed by atoms with Crippen LogP contribution in [0.2, 0.25) is 0 Å². The van der Waals surface area contributed by atoms with Crippen LogP contribution in [-0.4, -0.2) is 15.9 Å². The molecule has 1 aromatic carbocycles. The lowest BCUT2D eigenvalue weighted by Gasteiger charge is -2.10. The van der Waals surface area contributed by atoms with E-state index < -0.39 is 5.91 Å². The number of rotatable bonds is 8. The van der Waals surface area contributed by atoms with Gasteiger partial charge in [0.2, 0.25) is 0 Å². The molecule has 0 radical (unpaired) electrons. The number of hydrogen-bond acceptors (Lipinski definition) is 6. The molecular formula is C23H18BrN3O4. The molecule has 0 aliphatic heterocycles. The molecule has 1 N–H and O–H groups in total. The van der Waals surface area contributed by atoms with E-state index in [1.807, 2.05) is 36.4 Å². The molecule has 0 bridgehead atoms. The fourth-order valence-electron chi connectivity index (χ4n) is 2.67. The van der Waals surface area contributed by atoms with Gasteiger partial charge in [-0.2, -0.15) is 0 Å². The summed E-state index contributed by atoms with van der Waals surface area (Å²) in [7, 11) is 0. The van der Waals surface area contributed by atoms with Crippen LogP contribution in [0.1, 0.15) is 21.9 Å². The van der Waals surface area contributed by atoms with Crippen molar-refractivity contribution in [3.05, 3.63) is 101 Å². The van der Waals surface area contributed by atoms with Crippen LogP contribution >= 0.6 is 15.9 Å². The van der Waals surface area contributed by atoms with Gasteiger partial charge in [-0.05, 0) is 66.2 Å². The van der Waals surface area contributed by atoms with Gasteiger partial charge in [0.1, 0.15) is 24.7 Å². The summed E-state index contributed by atoms with van der Waals surface area (Å²) in [6, 6.07) is 17.9. The van der Waals surface area contributed by atoms with E-state index in [-0.39, 0.29) is 12.4 Å². The van der Waals surface area contributed by atoms with Crippen LogP contribution in [0.4, 0.5) is 5.82 Å². The predicted molar refractivity (Wildman–Crippen MR) is 118 cm³/mol. The number of ether oxygens (including phenoxy) is 2. The van der Waals surface area contributed by atoms with Crippen molar-refractivity contribution in [1.29, 1.82) is 0 Å². The second-order valence-corrected chi connectivity index (χ2v) is 7.37. The van der Waals surface area contributed by atoms with E-state index >= 15 is 0 Å². The quantitative estimate of drug-likeness (QED) is 0.371. The monoisotopic (exact) mass is 479 g/mol. The number of nitrogens with one attached hydrogen (secondary N) is 1. The van der Waals surface area contributed by atoms with Crippen molar-refractivity contribution in [1.82, 2.24) is 9.97 Å². The molecule has 4 aromatic rings. The first-order valence-corrected chi connectivity index (χ1v) is 10.2. The largest absolute Gasteiger partial charge is 0.486 e. The molecule has 7 nitrogen and oxygen atoms in total. The van der Waals surface area contributed by atoms with Crippen molar-refractivity contribution in [2.24, 2.45) is 0 Å². The number of halogens is 1. The first-order valence-electron chi connectivity index (χ1n) is 9.42. The van der Waals surface area contributed by atoms with Gasteiger partial charge in [0, 0.05) is 23.1 Å². The van der Waals surface area contributed by atoms with Gasteiger partial charge < -0.3 is 19.2 Å². The minimum atomic E-state index is -0.428. The molecule has 3 aromatic heterocycles. The summed E-state index contributed by atoms with van der Waals surface area (Å²) < 4.78 is 18.0. The molecule has 0 saturated carbocycles. The number of benzene rings is 1. The fourth-order valence-corrected chi connectivity index (χ4v) is 2.94. The van der Waals surface area contributed by atoms with Crippen LogP contribution in [0.5, 0.6) is 11.5 Å². The number of hydrogen-bond donors (Lipinski definition) is 1. The lowest BCUT2D eigenvalue weighted by Crippen LogP contribution is -2.13. The lowest BCUT2D eigenvalue weighted by molar-refractivity contribution is 0.0991. The molecule has 0 unspecified atom stereocenters. The SMILES string of the molecule is O=C(Nc1ncccc1OCc1ccncc1)c1ccc(COc2ccc(Br)cc2)o1. The van der Waals surface area contributed by atoms with Crippen molar-refractivity contribution in [2.75, 3.05) is 5.32 Å². The molecule has 0 aliphatic rings. The van der Waals surface area contributed by atoms with Gasteiger partial charge in [0.05, 0.1) is 0 Å². The highest BCUT2D eigenvalue weighted by Gasteiger charge is 2.15. The third-order valence-electron chi connectivity index (χ3n) is 4.23. The number of carbonyl (C=O) groups excluding carboxylic acids is 1. The highest BCUT2D eigenvalue weighted by molar-refractivity contribution is 9.10. The van der Waals surface area contributed by atoms with Crippen molar-refractivity contribution >= 4 is 27.7 Å². The van der Waals surface area contributed by atoms with Crippen molar-refractivity contribution in [3.8, 4) is 11.5 Å². The zero-order valence-corrected chi connectivity index (χ0v) is 17.9. The van der Waals surface area contributed by atoms with E-state index in [9.17, 15) is 4.79 Å². The first-order chi connectivity index (χ1) is 15.2. The third kappa shape index (κ3) is 5.70. The van der Waals surface area contributed by atoms with Crippen molar-refractivity contribution in [3.63, 3.8) is 0 Å². The fraction of sp³-hybridized carbons (Fsp3) is 0.0870. The van der Waals surface area contributed by atoms with Gasteiger partial charge in [0.15, 0.2) is 17.3 Å². The van der Waals surface area contributed by atoms with E-state index in [0.29, 0.717) is 29.7 Å². The molecule has 0 saturated heterocycles. The highest BCUT2D eigenvalue weighted by atomic mass is 79.9. The van der Waals surface area contributed by atoms with E-state index in [1.54, 1.807) is 42.9 Å². The van der Waals surface area contributed by atoms with Crippen LogP contribution < -0.4 is 14.8 Å². The number of amides is 1. The van der Waals surface area contributed by atoms with Crippen LogP contribution in [0.15, 0.2) is 88.1 Å². The molecule has 4 rings (SSSR count). The third-order valence-corrected chi connectivity index (χ3v) is 4.76. The van der Waals surface area contributed by atoms with Crippen LogP contribution in [0.3, 0.4) is 0 Å². The second-order valence-electron chi connectivity index (χ2n) is 6.46. The highest BCUT2D eigenvalue weighted by Crippen LogP contribution is 2.23. The Balaban J connectivity index is 1.37. The Morgan fingerprint density at radius 1 is 0.935 bits per heavy atom. The number of carbonyl (C=O) groups is 1. The summed E-state index contributed by atoms with van der Waals surface area (Å²) >= 11 is 3.38. The smallest absolute Gasteiger partial charge is 0.292 e. The maximum atomic E-state index is 12.6. The molecule has 3 heterocycles. The predicted octanol–water partition coefficient (Wildman–Crippen LogP) is 5.24. The van der Waals surface area contributed by atoms with Crippen LogP contribution in [-0.2, 0) is 13.2 Å². The molecule has 31 heavy (non-hydrogen) atoms. The second kappa shape index (κ2) is 9.90. The molecular weight excluding hydrogens is 462 g/mol. The number of aromatic nitrogens is 2. The summed E-state index contributed by atoms with van der Waals surface area (Å²) in [6.07, 6.45) is 4.97. The molecule has 0 atom stereocenters. The summed E-state index contributed by atoms with van der Waals surface area (Å²) in [5, 5.41) is 2.73. The normalized spacial score (nSPS) is 10.5. The van der Waals surface area contributed by atoms with Gasteiger partial charge in [-0.25, -0.2) is 4.98 Å². The Morgan fingerprint density at radius 2 is 1.74 bits per heavy atom. The summed E-state index contributed by atoms with van der Waals surface area (Å²) in [6.45, 7) is 0.536. The van der Waals surface area contributed by atoms with Gasteiger partial charge in [-0.15, -0.1) is 0 Å². The minimum Gasteiger partial charge on any atom is -0.486 e. The summed E-state index contributed by atoms with van der Waals surface area (Å²) in [5.74, 6) is 1.73. The van der Waals surface area contributed by atoms with Crippen molar-refractivity contribution in [2.45, 2.75) is 13.2 Å². The van der Waals surface area contributed by atoms with E-state index in [2.05, 4.69) is 31.2 Å². The van der Waals surface area contributed by atoms with Gasteiger partial charge >= 0.3 is 0 Å². The Morgan fingerprint density at radius 3 is 2.55 bits per heavy atom. The molecule has 0 fully saturated rings. The van der Waals surface area contributed by atoms with E-state index in [1.165, 1.54) is 0 Å². The maximum Gasteiger partial charge on any atom is 0.292 e. The van der Waals surface area contributed by atoms with Crippen LogP contribution in [0, 0.1) is 0 Å². The Bertz CT molecular complexity index is 1150. The lowest BCUT2D eigenvalue weighted by atomic mass is 10.3. The number of nitrogens with zero attached hydrogens (tertiary/aromatic N) is 2. The molecule has 0 spiro atoms. The first kappa shape index (κ1) is 20.6. The van der Waals surface area contributed by atoms with Crippen LogP contribution in [0.25, 0.3) is 0 Å². The van der Waals surface area contributed by atoms with Gasteiger partial charge in [-0.1, -0.05) is 15.9 Å². The molecule has 156 valence electrons. The average Bonchev–Trinajstić information content (AvgIpc) is 3.28. The standard InChI is InChI=1S/C23H18BrN3O4/c24-17-3-5-18(6-4-17)29-15-19-7-8-21(31-19)23(28)27-22-20(2-1-11-26-22)30-14-16-9-12-25-13-10-16/h1-13H,14-15H2,(H,26,27,28).